The number of aromatic carboxylic acids is 1. The van der Waals surface area contributed by atoms with Crippen LogP contribution in [0.1, 0.15) is 16.1 Å². The molecule has 0 aliphatic heterocycles. The van der Waals surface area contributed by atoms with Gasteiger partial charge in [-0.2, -0.15) is 0 Å². The Hall–Kier alpha value is -2.34. The number of hydrogen-bond acceptors (Lipinski definition) is 3. The van der Waals surface area contributed by atoms with Crippen LogP contribution in [0.4, 0.5) is 0 Å². The summed E-state index contributed by atoms with van der Waals surface area (Å²) in [5.41, 5.74) is 1.29. The van der Waals surface area contributed by atoms with Gasteiger partial charge in [0.05, 0.1) is 11.0 Å². The fourth-order valence-electron chi connectivity index (χ4n) is 2.13. The summed E-state index contributed by atoms with van der Waals surface area (Å²) < 4.78 is 7.28. The molecule has 0 unspecified atom stereocenters. The normalized spacial score (nSPS) is 10.9. The van der Waals surface area contributed by atoms with E-state index in [1.807, 2.05) is 12.1 Å². The van der Waals surface area contributed by atoms with Gasteiger partial charge in [0, 0.05) is 11.6 Å². The van der Waals surface area contributed by atoms with Crippen molar-refractivity contribution in [2.45, 2.75) is 6.54 Å². The van der Waals surface area contributed by atoms with Gasteiger partial charge < -0.3 is 14.1 Å². The van der Waals surface area contributed by atoms with Gasteiger partial charge in [0.25, 0.3) is 5.56 Å². The second-order valence-corrected chi connectivity index (χ2v) is 5.43. The Morgan fingerprint density at radius 3 is 2.86 bits per heavy atom. The third-order valence-electron chi connectivity index (χ3n) is 3.12. The Morgan fingerprint density at radius 1 is 1.29 bits per heavy atom. The molecular formula is C15H10BrNO4. The zero-order valence-electron chi connectivity index (χ0n) is 10.7. The Morgan fingerprint density at radius 2 is 2.10 bits per heavy atom. The highest BCUT2D eigenvalue weighted by molar-refractivity contribution is 9.10. The lowest BCUT2D eigenvalue weighted by Crippen LogP contribution is -2.20. The number of hydrogen-bond donors (Lipinski definition) is 1. The van der Waals surface area contributed by atoms with Gasteiger partial charge in [0.1, 0.15) is 5.58 Å². The summed E-state index contributed by atoms with van der Waals surface area (Å²) >= 11 is 3.20. The number of fused-ring (bicyclic) bond motifs is 1. The zero-order valence-corrected chi connectivity index (χ0v) is 12.3. The summed E-state index contributed by atoms with van der Waals surface area (Å²) in [6, 6.07) is 10.3. The maximum absolute atomic E-state index is 11.9. The predicted octanol–water partition coefficient (Wildman–Crippen LogP) is 3.10. The monoisotopic (exact) mass is 347 g/mol. The molecule has 3 rings (SSSR count). The third-order valence-corrected chi connectivity index (χ3v) is 3.72. The highest BCUT2D eigenvalue weighted by Crippen LogP contribution is 2.21. The van der Waals surface area contributed by atoms with Crippen molar-refractivity contribution in [1.29, 1.82) is 0 Å². The van der Waals surface area contributed by atoms with Crippen molar-refractivity contribution in [2.24, 2.45) is 0 Å². The number of carboxylic acids is 1. The predicted molar refractivity (Wildman–Crippen MR) is 80.7 cm³/mol. The van der Waals surface area contributed by atoms with Gasteiger partial charge in [0.2, 0.25) is 5.76 Å². The lowest BCUT2D eigenvalue weighted by molar-refractivity contribution is 0.0665. The minimum atomic E-state index is -1.10. The number of aromatic nitrogens is 1. The van der Waals surface area contributed by atoms with E-state index in [9.17, 15) is 9.59 Å². The number of carbonyl (C=O) groups is 1. The second kappa shape index (κ2) is 5.21. The topological polar surface area (TPSA) is 72.4 Å². The van der Waals surface area contributed by atoms with Crippen molar-refractivity contribution in [1.82, 2.24) is 4.57 Å². The summed E-state index contributed by atoms with van der Waals surface area (Å²) in [5, 5.41) is 9.61. The van der Waals surface area contributed by atoms with Crippen LogP contribution in [0.2, 0.25) is 0 Å². The van der Waals surface area contributed by atoms with Crippen LogP contribution in [-0.4, -0.2) is 15.6 Å². The number of halogens is 1. The van der Waals surface area contributed by atoms with Crippen LogP contribution in [-0.2, 0) is 6.54 Å². The molecule has 0 atom stereocenters. The fourth-order valence-corrected chi connectivity index (χ4v) is 2.51. The number of nitrogens with zero attached hydrogens (tertiary/aromatic N) is 1. The highest BCUT2D eigenvalue weighted by atomic mass is 79.9. The van der Waals surface area contributed by atoms with E-state index in [-0.39, 0.29) is 11.3 Å². The molecule has 3 aromatic rings. The van der Waals surface area contributed by atoms with E-state index in [0.717, 1.165) is 5.56 Å². The number of furan rings is 1. The van der Waals surface area contributed by atoms with Crippen LogP contribution in [0, 0.1) is 0 Å². The van der Waals surface area contributed by atoms with Crippen LogP contribution in [0.3, 0.4) is 0 Å². The van der Waals surface area contributed by atoms with Gasteiger partial charge in [-0.25, -0.2) is 4.79 Å². The van der Waals surface area contributed by atoms with E-state index >= 15 is 0 Å². The summed E-state index contributed by atoms with van der Waals surface area (Å²) in [6.45, 7) is 0.405. The van der Waals surface area contributed by atoms with Gasteiger partial charge in [-0.1, -0.05) is 6.07 Å². The van der Waals surface area contributed by atoms with Crippen LogP contribution in [0.5, 0.6) is 0 Å². The molecule has 0 aliphatic rings. The Labute approximate surface area is 127 Å². The molecule has 5 nitrogen and oxygen atoms in total. The lowest BCUT2D eigenvalue weighted by atomic mass is 10.1. The number of pyridine rings is 1. The molecule has 1 N–H and O–H groups in total. The summed E-state index contributed by atoms with van der Waals surface area (Å²) in [6.07, 6.45) is 1.70. The van der Waals surface area contributed by atoms with E-state index in [1.165, 1.54) is 6.07 Å². The Balaban J connectivity index is 1.99. The molecular weight excluding hydrogens is 338 g/mol. The van der Waals surface area contributed by atoms with Crippen molar-refractivity contribution in [3.8, 4) is 0 Å². The minimum absolute atomic E-state index is 0.0956. The molecule has 0 aliphatic carbocycles. The van der Waals surface area contributed by atoms with E-state index in [4.69, 9.17) is 9.52 Å². The second-order valence-electron chi connectivity index (χ2n) is 4.58. The SMILES string of the molecule is O=C(O)c1cc2cc(Cn3cccc(Br)c3=O)ccc2o1. The third kappa shape index (κ3) is 2.62. The quantitative estimate of drug-likeness (QED) is 0.790. The van der Waals surface area contributed by atoms with Gasteiger partial charge in [-0.15, -0.1) is 0 Å². The molecule has 2 aromatic heterocycles. The van der Waals surface area contributed by atoms with Crippen molar-refractivity contribution in [3.05, 3.63) is 68.7 Å². The molecule has 0 saturated heterocycles. The molecule has 0 radical (unpaired) electrons. The van der Waals surface area contributed by atoms with Crippen LogP contribution in [0.25, 0.3) is 11.0 Å². The van der Waals surface area contributed by atoms with Crippen molar-refractivity contribution >= 4 is 32.9 Å². The minimum Gasteiger partial charge on any atom is -0.475 e. The Bertz CT molecular complexity index is 894. The standard InChI is InChI=1S/C15H10BrNO4/c16-11-2-1-5-17(14(11)18)8-9-3-4-12-10(6-9)7-13(21-12)15(19)20/h1-7H,8H2,(H,19,20). The molecule has 1 aromatic carbocycles. The molecule has 0 fully saturated rings. The van der Waals surface area contributed by atoms with Crippen molar-refractivity contribution in [3.63, 3.8) is 0 Å². The molecule has 0 saturated carbocycles. The Kier molecular flexibility index (Phi) is 3.39. The van der Waals surface area contributed by atoms with E-state index < -0.39 is 5.97 Å². The first-order chi connectivity index (χ1) is 10.0. The molecule has 6 heteroatoms. The molecule has 21 heavy (non-hydrogen) atoms. The molecule has 0 amide bonds. The number of rotatable bonds is 3. The lowest BCUT2D eigenvalue weighted by Gasteiger charge is -2.06. The van der Waals surface area contributed by atoms with Gasteiger partial charge in [-0.05, 0) is 51.8 Å². The van der Waals surface area contributed by atoms with Crippen molar-refractivity contribution in [2.75, 3.05) is 0 Å². The van der Waals surface area contributed by atoms with Crippen molar-refractivity contribution < 1.29 is 14.3 Å². The van der Waals surface area contributed by atoms with Crippen LogP contribution < -0.4 is 5.56 Å². The molecule has 2 heterocycles. The van der Waals surface area contributed by atoms with E-state index in [0.29, 0.717) is 22.0 Å². The molecule has 0 spiro atoms. The average molecular weight is 348 g/mol. The smallest absolute Gasteiger partial charge is 0.371 e. The van der Waals surface area contributed by atoms with E-state index in [2.05, 4.69) is 15.9 Å². The van der Waals surface area contributed by atoms with Gasteiger partial charge in [-0.3, -0.25) is 4.79 Å². The number of benzene rings is 1. The van der Waals surface area contributed by atoms with Gasteiger partial charge >= 0.3 is 5.97 Å². The summed E-state index contributed by atoms with van der Waals surface area (Å²) in [4.78, 5) is 22.8. The average Bonchev–Trinajstić information content (AvgIpc) is 2.87. The fraction of sp³-hybridized carbons (Fsp3) is 0.0667. The summed E-state index contributed by atoms with van der Waals surface area (Å²) in [7, 11) is 0. The maximum Gasteiger partial charge on any atom is 0.371 e. The molecule has 0 bridgehead atoms. The first kappa shape index (κ1) is 13.6. The number of carboxylic acid groups (broad SMARTS) is 1. The highest BCUT2D eigenvalue weighted by Gasteiger charge is 2.11. The largest absolute Gasteiger partial charge is 0.475 e. The first-order valence-corrected chi connectivity index (χ1v) is 6.94. The zero-order chi connectivity index (χ0) is 15.0. The van der Waals surface area contributed by atoms with Crippen LogP contribution >= 0.6 is 15.9 Å². The van der Waals surface area contributed by atoms with Gasteiger partial charge in [0.15, 0.2) is 0 Å². The molecule has 106 valence electrons. The first-order valence-electron chi connectivity index (χ1n) is 6.15. The van der Waals surface area contributed by atoms with E-state index in [1.54, 1.807) is 29.0 Å². The maximum atomic E-state index is 11.9. The van der Waals surface area contributed by atoms with Crippen LogP contribution in [0.15, 0.2) is 56.3 Å². The summed E-state index contributed by atoms with van der Waals surface area (Å²) in [5.74, 6) is -1.20.